The van der Waals surface area contributed by atoms with Gasteiger partial charge in [0.1, 0.15) is 22.8 Å². The number of fused-ring (bicyclic) bond motifs is 2. The fourth-order valence-electron chi connectivity index (χ4n) is 5.49. The maximum atomic E-state index is 12.7. The Hall–Kier alpha value is -6.80. The molecule has 6 amide bonds. The molecule has 8 N–H and O–H groups in total. The van der Waals surface area contributed by atoms with E-state index in [1.807, 2.05) is 36.4 Å². The van der Waals surface area contributed by atoms with E-state index in [2.05, 4.69) is 52.3 Å². The standard InChI is InChI=1S/C20H21N5O4S.C19H19N5O4S/c1-21-19(28)17-15-16(24-25-17)13(26)11-14(18(15)27)30-10-6-5-9-22-20(29)23-12-7-3-2-4-8-12;1-20-18(27)16-14-15(23-24-16)12(25)10-13(17(14)26)29-9-5-8-21-19(28)22-11-6-3-2-4-7-11/h2-4,7-8,11H,5-6,9-10H2,1H3,(H,21,28)(H,24,25)(H2,22,23,29);2-4,6-7,10H,5,8-9H2,1H3,(H,20,27)(H,23,24)(H2,21,22,28). The Labute approximate surface area is 346 Å². The van der Waals surface area contributed by atoms with Crippen LogP contribution in [-0.4, -0.2) is 106 Å². The number of Topliss-reactive ketones (excluding diaryl/α,β-unsaturated/α-hetero) is 2. The van der Waals surface area contributed by atoms with Crippen LogP contribution >= 0.6 is 23.5 Å². The first-order valence-corrected chi connectivity index (χ1v) is 20.2. The number of para-hydroxylation sites is 2. The van der Waals surface area contributed by atoms with E-state index in [-0.39, 0.29) is 61.6 Å². The highest BCUT2D eigenvalue weighted by Crippen LogP contribution is 2.31. The van der Waals surface area contributed by atoms with Gasteiger partial charge in [0.2, 0.25) is 23.1 Å². The van der Waals surface area contributed by atoms with Crippen LogP contribution in [0.5, 0.6) is 0 Å². The van der Waals surface area contributed by atoms with Crippen LogP contribution in [0.3, 0.4) is 0 Å². The third kappa shape index (κ3) is 11.4. The van der Waals surface area contributed by atoms with Crippen LogP contribution in [0.15, 0.2) is 82.6 Å². The lowest BCUT2D eigenvalue weighted by molar-refractivity contribution is 0.0941. The maximum absolute atomic E-state index is 12.7. The monoisotopic (exact) mass is 840 g/mol. The molecule has 6 rings (SSSR count). The molecule has 306 valence electrons. The average molecular weight is 841 g/mol. The molecule has 18 nitrogen and oxygen atoms in total. The number of carbonyl (C=O) groups is 8. The number of carbonyl (C=O) groups excluding carboxylic acids is 8. The number of nitrogens with zero attached hydrogens (tertiary/aromatic N) is 2. The molecule has 0 aliphatic heterocycles. The van der Waals surface area contributed by atoms with E-state index < -0.39 is 29.2 Å². The van der Waals surface area contributed by atoms with Crippen molar-refractivity contribution in [2.24, 2.45) is 0 Å². The molecule has 0 spiro atoms. The quantitative estimate of drug-likeness (QED) is 0.0777. The van der Waals surface area contributed by atoms with Crippen LogP contribution in [0.4, 0.5) is 21.0 Å². The van der Waals surface area contributed by atoms with Crippen LogP contribution in [-0.2, 0) is 0 Å². The summed E-state index contributed by atoms with van der Waals surface area (Å²) in [5.41, 5.74) is 1.32. The summed E-state index contributed by atoms with van der Waals surface area (Å²) < 4.78 is 0. The van der Waals surface area contributed by atoms with Gasteiger partial charge in [0, 0.05) is 50.7 Å². The molecule has 2 aromatic heterocycles. The van der Waals surface area contributed by atoms with Crippen LogP contribution < -0.4 is 31.9 Å². The highest BCUT2D eigenvalue weighted by Gasteiger charge is 2.35. The molecule has 2 aliphatic carbocycles. The molecule has 0 saturated heterocycles. The number of thioether (sulfide) groups is 2. The van der Waals surface area contributed by atoms with Crippen molar-refractivity contribution in [2.75, 3.05) is 49.3 Å². The minimum atomic E-state index is -0.514. The van der Waals surface area contributed by atoms with Gasteiger partial charge in [-0.3, -0.25) is 39.0 Å². The minimum Gasteiger partial charge on any atom is -0.354 e. The largest absolute Gasteiger partial charge is 0.354 e. The summed E-state index contributed by atoms with van der Waals surface area (Å²) in [7, 11) is 2.86. The van der Waals surface area contributed by atoms with Crippen LogP contribution in [0.2, 0.25) is 0 Å². The number of benzene rings is 2. The molecule has 59 heavy (non-hydrogen) atoms. The molecule has 2 heterocycles. The molecule has 20 heteroatoms. The molecule has 2 aliphatic rings. The van der Waals surface area contributed by atoms with Crippen molar-refractivity contribution < 1.29 is 38.4 Å². The van der Waals surface area contributed by atoms with E-state index in [4.69, 9.17) is 0 Å². The van der Waals surface area contributed by atoms with Gasteiger partial charge in [-0.2, -0.15) is 10.2 Å². The number of anilines is 2. The van der Waals surface area contributed by atoms with Crippen molar-refractivity contribution in [1.82, 2.24) is 41.7 Å². The van der Waals surface area contributed by atoms with E-state index in [1.54, 1.807) is 24.3 Å². The number of H-pyrrole nitrogens is 2. The van der Waals surface area contributed by atoms with E-state index in [1.165, 1.54) is 49.8 Å². The predicted molar refractivity (Wildman–Crippen MR) is 223 cm³/mol. The van der Waals surface area contributed by atoms with Crippen molar-refractivity contribution in [2.45, 2.75) is 19.3 Å². The Morgan fingerprint density at radius 2 is 0.983 bits per heavy atom. The van der Waals surface area contributed by atoms with Gasteiger partial charge in [-0.25, -0.2) is 9.59 Å². The van der Waals surface area contributed by atoms with Crippen molar-refractivity contribution in [3.05, 3.63) is 117 Å². The minimum absolute atomic E-state index is 0.000265. The molecule has 0 fully saturated rings. The van der Waals surface area contributed by atoms with Gasteiger partial charge in [-0.15, -0.1) is 23.5 Å². The zero-order chi connectivity index (χ0) is 42.3. The SMILES string of the molecule is CNC(=O)c1[nH]nc2c1C(=O)C(SCCCCNC(=O)Nc1ccccc1)=CC2=O.CNC(=O)c1[nH]nc2c1C(=O)C(SCCCNC(=O)Nc1ccccc1)=CC2=O. The third-order valence-corrected chi connectivity index (χ3v) is 10.6. The Bertz CT molecular complexity index is 2310. The Morgan fingerprint density at radius 1 is 0.576 bits per heavy atom. The zero-order valence-corrected chi connectivity index (χ0v) is 33.5. The van der Waals surface area contributed by atoms with Gasteiger partial charge in [0.05, 0.1) is 20.9 Å². The molecular formula is C39H40N10O8S2. The lowest BCUT2D eigenvalue weighted by Gasteiger charge is -2.12. The number of nitrogens with one attached hydrogen (secondary N) is 8. The number of unbranched alkanes of at least 4 members (excludes halogenated alkanes) is 1. The van der Waals surface area contributed by atoms with Gasteiger partial charge in [0.15, 0.2) is 0 Å². The number of allylic oxidation sites excluding steroid dienone is 4. The van der Waals surface area contributed by atoms with Crippen molar-refractivity contribution in [1.29, 1.82) is 0 Å². The second kappa shape index (κ2) is 21.1. The first-order valence-electron chi connectivity index (χ1n) is 18.2. The topological polar surface area (TPSA) is 266 Å². The van der Waals surface area contributed by atoms with E-state index in [9.17, 15) is 38.4 Å². The summed E-state index contributed by atoms with van der Waals surface area (Å²) >= 11 is 2.46. The molecule has 0 bridgehead atoms. The van der Waals surface area contributed by atoms with Gasteiger partial charge in [-0.1, -0.05) is 36.4 Å². The number of amides is 6. The fourth-order valence-corrected chi connectivity index (χ4v) is 7.41. The summed E-state index contributed by atoms with van der Waals surface area (Å²) in [6.45, 7) is 0.888. The smallest absolute Gasteiger partial charge is 0.319 e. The highest BCUT2D eigenvalue weighted by molar-refractivity contribution is 8.04. The Balaban J connectivity index is 0.000000224. The number of aromatic nitrogens is 4. The summed E-state index contributed by atoms with van der Waals surface area (Å²) in [5, 5.41) is 28.3. The van der Waals surface area contributed by atoms with E-state index in [0.717, 1.165) is 6.42 Å². The number of urea groups is 2. The third-order valence-electron chi connectivity index (χ3n) is 8.38. The predicted octanol–water partition coefficient (Wildman–Crippen LogP) is 4.34. The normalized spacial score (nSPS) is 12.8. The lowest BCUT2D eigenvalue weighted by Crippen LogP contribution is -2.29. The van der Waals surface area contributed by atoms with Crippen LogP contribution in [0, 0.1) is 0 Å². The molecule has 2 aromatic carbocycles. The van der Waals surface area contributed by atoms with Gasteiger partial charge < -0.3 is 31.9 Å². The first-order chi connectivity index (χ1) is 28.5. The molecule has 0 radical (unpaired) electrons. The maximum Gasteiger partial charge on any atom is 0.319 e. The fraction of sp³-hybridized carbons (Fsp3) is 0.231. The number of rotatable bonds is 15. The number of ketones is 4. The van der Waals surface area contributed by atoms with Crippen molar-refractivity contribution >= 4 is 81.9 Å². The average Bonchev–Trinajstić information content (AvgIpc) is 3.90. The second-order valence-electron chi connectivity index (χ2n) is 12.5. The van der Waals surface area contributed by atoms with Gasteiger partial charge in [0.25, 0.3) is 11.8 Å². The molecule has 0 unspecified atom stereocenters. The van der Waals surface area contributed by atoms with Crippen LogP contribution in [0.1, 0.15) is 81.9 Å². The van der Waals surface area contributed by atoms with Crippen molar-refractivity contribution in [3.63, 3.8) is 0 Å². The highest BCUT2D eigenvalue weighted by atomic mass is 32.2. The van der Waals surface area contributed by atoms with E-state index in [0.29, 0.717) is 48.8 Å². The summed E-state index contributed by atoms with van der Waals surface area (Å²) in [4.78, 5) is 97.7. The van der Waals surface area contributed by atoms with Gasteiger partial charge >= 0.3 is 12.1 Å². The molecule has 4 aromatic rings. The van der Waals surface area contributed by atoms with Gasteiger partial charge in [-0.05, 0) is 55.0 Å². The zero-order valence-electron chi connectivity index (χ0n) is 31.9. The summed E-state index contributed by atoms with van der Waals surface area (Å²) in [6, 6.07) is 17.6. The Kier molecular flexibility index (Phi) is 15.5. The Morgan fingerprint density at radius 3 is 1.41 bits per heavy atom. The van der Waals surface area contributed by atoms with Crippen molar-refractivity contribution in [3.8, 4) is 0 Å². The lowest BCUT2D eigenvalue weighted by atomic mass is 9.99. The number of hydrogen-bond donors (Lipinski definition) is 8. The summed E-state index contributed by atoms with van der Waals surface area (Å²) in [6.07, 6.45) is 4.53. The van der Waals surface area contributed by atoms with Crippen LogP contribution in [0.25, 0.3) is 0 Å². The number of aromatic amines is 2. The van der Waals surface area contributed by atoms with E-state index >= 15 is 0 Å². The molecule has 0 atom stereocenters. The second-order valence-corrected chi connectivity index (χ2v) is 14.7. The summed E-state index contributed by atoms with van der Waals surface area (Å²) in [5.74, 6) is -1.54. The molecular weight excluding hydrogens is 801 g/mol. The molecule has 0 saturated carbocycles. The first kappa shape index (κ1) is 43.3. The number of hydrogen-bond acceptors (Lipinski definition) is 12.